The van der Waals surface area contributed by atoms with E-state index in [1.807, 2.05) is 4.90 Å². The lowest BCUT2D eigenvalue weighted by Crippen LogP contribution is -2.51. The van der Waals surface area contributed by atoms with Gasteiger partial charge in [0, 0.05) is 45.4 Å². The molecule has 0 aromatic rings. The van der Waals surface area contributed by atoms with E-state index in [4.69, 9.17) is 9.84 Å². The molecule has 0 radical (unpaired) electrons. The Balaban J connectivity index is 1.75. The first-order valence-electron chi connectivity index (χ1n) is 6.51. The van der Waals surface area contributed by atoms with Crippen molar-refractivity contribution in [2.75, 3.05) is 45.9 Å². The van der Waals surface area contributed by atoms with Crippen LogP contribution in [0.5, 0.6) is 0 Å². The molecule has 98 valence electrons. The average molecular weight is 242 g/mol. The molecule has 1 atom stereocenters. The van der Waals surface area contributed by atoms with Crippen molar-refractivity contribution in [2.45, 2.75) is 25.3 Å². The van der Waals surface area contributed by atoms with Gasteiger partial charge in [-0.3, -0.25) is 14.6 Å². The van der Waals surface area contributed by atoms with Crippen LogP contribution in [-0.4, -0.2) is 72.9 Å². The fourth-order valence-corrected chi connectivity index (χ4v) is 2.73. The van der Waals surface area contributed by atoms with Gasteiger partial charge in [-0.25, -0.2) is 0 Å². The zero-order valence-corrected chi connectivity index (χ0v) is 10.3. The van der Waals surface area contributed by atoms with Crippen LogP contribution in [0.4, 0.5) is 0 Å². The predicted octanol–water partition coefficient (Wildman–Crippen LogP) is 0.258. The summed E-state index contributed by atoms with van der Waals surface area (Å²) in [6.07, 6.45) is 3.50. The van der Waals surface area contributed by atoms with Crippen molar-refractivity contribution in [1.29, 1.82) is 0 Å². The van der Waals surface area contributed by atoms with Crippen molar-refractivity contribution in [3.05, 3.63) is 0 Å². The molecule has 2 saturated heterocycles. The molecule has 2 aliphatic rings. The number of carbonyl (C=O) groups is 1. The number of carboxylic acid groups (broad SMARTS) is 1. The third-order valence-corrected chi connectivity index (χ3v) is 3.70. The summed E-state index contributed by atoms with van der Waals surface area (Å²) in [7, 11) is 0. The second-order valence-corrected chi connectivity index (χ2v) is 4.90. The minimum atomic E-state index is -0.721. The Morgan fingerprint density at radius 1 is 1.18 bits per heavy atom. The lowest BCUT2D eigenvalue weighted by atomic mass is 10.1. The molecule has 17 heavy (non-hydrogen) atoms. The molecule has 0 saturated carbocycles. The minimum absolute atomic E-state index is 0.182. The fraction of sp³-hybridized carbons (Fsp3) is 0.917. The third kappa shape index (κ3) is 3.94. The van der Waals surface area contributed by atoms with Gasteiger partial charge >= 0.3 is 5.97 Å². The molecule has 2 rings (SSSR count). The molecule has 0 amide bonds. The maximum atomic E-state index is 10.6. The first-order chi connectivity index (χ1) is 8.25. The van der Waals surface area contributed by atoms with Crippen LogP contribution in [0.2, 0.25) is 0 Å². The third-order valence-electron chi connectivity index (χ3n) is 3.70. The van der Waals surface area contributed by atoms with E-state index in [2.05, 4.69) is 4.90 Å². The van der Waals surface area contributed by atoms with E-state index < -0.39 is 5.97 Å². The standard InChI is InChI=1S/C12H22N2O3/c15-12(16)10-13-4-6-14(7-5-13)11-2-1-8-17-9-3-11/h11H,1-10H2,(H,15,16). The summed E-state index contributed by atoms with van der Waals surface area (Å²) < 4.78 is 5.47. The highest BCUT2D eigenvalue weighted by Crippen LogP contribution is 2.17. The zero-order valence-electron chi connectivity index (χ0n) is 10.3. The molecular weight excluding hydrogens is 220 g/mol. The Morgan fingerprint density at radius 2 is 1.94 bits per heavy atom. The molecule has 1 unspecified atom stereocenters. The van der Waals surface area contributed by atoms with Crippen LogP contribution in [-0.2, 0) is 9.53 Å². The van der Waals surface area contributed by atoms with Crippen LogP contribution in [0.1, 0.15) is 19.3 Å². The zero-order chi connectivity index (χ0) is 12.1. The number of nitrogens with zero attached hydrogens (tertiary/aromatic N) is 2. The van der Waals surface area contributed by atoms with Gasteiger partial charge in [0.15, 0.2) is 0 Å². The van der Waals surface area contributed by atoms with Crippen LogP contribution in [0, 0.1) is 0 Å². The Kier molecular flexibility index (Phi) is 4.76. The fourth-order valence-electron chi connectivity index (χ4n) is 2.73. The maximum absolute atomic E-state index is 10.6. The van der Waals surface area contributed by atoms with Gasteiger partial charge in [0.1, 0.15) is 0 Å². The minimum Gasteiger partial charge on any atom is -0.480 e. The van der Waals surface area contributed by atoms with Gasteiger partial charge in [-0.2, -0.15) is 0 Å². The second-order valence-electron chi connectivity index (χ2n) is 4.90. The molecule has 1 N–H and O–H groups in total. The largest absolute Gasteiger partial charge is 0.480 e. The van der Waals surface area contributed by atoms with E-state index in [0.29, 0.717) is 6.04 Å². The molecule has 5 nitrogen and oxygen atoms in total. The number of hydrogen-bond acceptors (Lipinski definition) is 4. The summed E-state index contributed by atoms with van der Waals surface area (Å²) in [5, 5.41) is 8.75. The Labute approximate surface area is 102 Å². The van der Waals surface area contributed by atoms with Crippen LogP contribution in [0.15, 0.2) is 0 Å². The molecule has 0 aromatic heterocycles. The van der Waals surface area contributed by atoms with E-state index in [9.17, 15) is 4.79 Å². The first-order valence-corrected chi connectivity index (χ1v) is 6.51. The highest BCUT2D eigenvalue weighted by molar-refractivity contribution is 5.69. The van der Waals surface area contributed by atoms with Crippen molar-refractivity contribution < 1.29 is 14.6 Å². The van der Waals surface area contributed by atoms with Crippen molar-refractivity contribution in [3.8, 4) is 0 Å². The van der Waals surface area contributed by atoms with Gasteiger partial charge in [-0.05, 0) is 19.3 Å². The van der Waals surface area contributed by atoms with Gasteiger partial charge in [-0.1, -0.05) is 0 Å². The summed E-state index contributed by atoms with van der Waals surface area (Å²) in [4.78, 5) is 15.2. The number of piperazine rings is 1. The SMILES string of the molecule is O=C(O)CN1CCN(C2CCCOCC2)CC1. The predicted molar refractivity (Wildman–Crippen MR) is 64.1 cm³/mol. The van der Waals surface area contributed by atoms with Crippen LogP contribution >= 0.6 is 0 Å². The number of hydrogen-bond donors (Lipinski definition) is 1. The summed E-state index contributed by atoms with van der Waals surface area (Å²) in [5.41, 5.74) is 0. The Morgan fingerprint density at radius 3 is 2.65 bits per heavy atom. The molecule has 0 aliphatic carbocycles. The molecule has 0 spiro atoms. The smallest absolute Gasteiger partial charge is 0.317 e. The molecule has 2 heterocycles. The van der Waals surface area contributed by atoms with Crippen LogP contribution < -0.4 is 0 Å². The number of aliphatic carboxylic acids is 1. The summed E-state index contributed by atoms with van der Waals surface area (Å²) >= 11 is 0. The van der Waals surface area contributed by atoms with Gasteiger partial charge < -0.3 is 9.84 Å². The van der Waals surface area contributed by atoms with E-state index in [-0.39, 0.29) is 6.54 Å². The lowest BCUT2D eigenvalue weighted by molar-refractivity contribution is -0.138. The normalized spacial score (nSPS) is 28.8. The number of ether oxygens (including phenoxy) is 1. The summed E-state index contributed by atoms with van der Waals surface area (Å²) in [5.74, 6) is -0.721. The average Bonchev–Trinajstić information content (AvgIpc) is 2.58. The highest BCUT2D eigenvalue weighted by atomic mass is 16.5. The number of carboxylic acids is 1. The van der Waals surface area contributed by atoms with E-state index >= 15 is 0 Å². The van der Waals surface area contributed by atoms with Crippen molar-refractivity contribution in [1.82, 2.24) is 9.80 Å². The Hall–Kier alpha value is -0.650. The Bertz CT molecular complexity index is 244. The van der Waals surface area contributed by atoms with Crippen molar-refractivity contribution in [3.63, 3.8) is 0 Å². The van der Waals surface area contributed by atoms with Gasteiger partial charge in [0.2, 0.25) is 0 Å². The van der Waals surface area contributed by atoms with E-state index in [1.54, 1.807) is 0 Å². The summed E-state index contributed by atoms with van der Waals surface area (Å²) in [6.45, 7) is 5.71. The van der Waals surface area contributed by atoms with E-state index in [1.165, 1.54) is 6.42 Å². The topological polar surface area (TPSA) is 53.0 Å². The number of rotatable bonds is 3. The van der Waals surface area contributed by atoms with Crippen LogP contribution in [0.25, 0.3) is 0 Å². The highest BCUT2D eigenvalue weighted by Gasteiger charge is 2.25. The molecule has 0 bridgehead atoms. The lowest BCUT2D eigenvalue weighted by Gasteiger charge is -2.38. The van der Waals surface area contributed by atoms with E-state index in [0.717, 1.165) is 52.2 Å². The van der Waals surface area contributed by atoms with Crippen LogP contribution in [0.3, 0.4) is 0 Å². The molecule has 2 fully saturated rings. The first kappa shape index (κ1) is 12.8. The second kappa shape index (κ2) is 6.33. The molecule has 2 aliphatic heterocycles. The van der Waals surface area contributed by atoms with Gasteiger partial charge in [0.05, 0.1) is 6.54 Å². The van der Waals surface area contributed by atoms with Gasteiger partial charge in [0.25, 0.3) is 0 Å². The maximum Gasteiger partial charge on any atom is 0.317 e. The molecular formula is C12H22N2O3. The monoisotopic (exact) mass is 242 g/mol. The molecule has 5 heteroatoms. The van der Waals surface area contributed by atoms with Crippen molar-refractivity contribution >= 4 is 5.97 Å². The van der Waals surface area contributed by atoms with Crippen molar-refractivity contribution in [2.24, 2.45) is 0 Å². The van der Waals surface area contributed by atoms with Gasteiger partial charge in [-0.15, -0.1) is 0 Å². The molecule has 0 aromatic carbocycles. The summed E-state index contributed by atoms with van der Waals surface area (Å²) in [6, 6.07) is 0.643. The quantitative estimate of drug-likeness (QED) is 0.769.